The van der Waals surface area contributed by atoms with E-state index in [1.54, 1.807) is 18.5 Å². The lowest BCUT2D eigenvalue weighted by Crippen LogP contribution is -2.56. The first-order valence-corrected chi connectivity index (χ1v) is 11.6. The van der Waals surface area contributed by atoms with E-state index in [2.05, 4.69) is 15.2 Å². The van der Waals surface area contributed by atoms with Crippen molar-refractivity contribution in [2.45, 2.75) is 38.4 Å². The topological polar surface area (TPSA) is 92.7 Å². The van der Waals surface area contributed by atoms with Crippen molar-refractivity contribution < 1.29 is 22.6 Å². The standard InChI is InChI=1S/C18H36N4O5S/c1-16(2)27-13-14-28(23,24)22-9-7-21(8-10-22)17(19-3)20-15-18(25-4)5-11-26-12-6-18/h16H,5-15H2,1-4H3,(H,19,20). The molecule has 0 aromatic carbocycles. The summed E-state index contributed by atoms with van der Waals surface area (Å²) in [6, 6.07) is 0. The van der Waals surface area contributed by atoms with E-state index in [-0.39, 0.29) is 24.1 Å². The van der Waals surface area contributed by atoms with Gasteiger partial charge in [0, 0.05) is 72.9 Å². The summed E-state index contributed by atoms with van der Waals surface area (Å²) in [5.74, 6) is 0.805. The van der Waals surface area contributed by atoms with Gasteiger partial charge in [0.05, 0.1) is 24.1 Å². The Hall–Kier alpha value is -0.940. The van der Waals surface area contributed by atoms with Crippen LogP contribution in [-0.4, -0.2) is 108 Å². The third-order valence-corrected chi connectivity index (χ3v) is 7.18. The van der Waals surface area contributed by atoms with Crippen LogP contribution in [0.4, 0.5) is 0 Å². The van der Waals surface area contributed by atoms with E-state index in [4.69, 9.17) is 14.2 Å². The number of ether oxygens (including phenoxy) is 3. The Labute approximate surface area is 169 Å². The molecule has 164 valence electrons. The van der Waals surface area contributed by atoms with E-state index in [1.165, 1.54) is 0 Å². The van der Waals surface area contributed by atoms with Gasteiger partial charge in [-0.3, -0.25) is 4.99 Å². The zero-order valence-electron chi connectivity index (χ0n) is 17.6. The van der Waals surface area contributed by atoms with Crippen molar-refractivity contribution in [3.63, 3.8) is 0 Å². The molecule has 0 aromatic rings. The van der Waals surface area contributed by atoms with E-state index < -0.39 is 10.0 Å². The number of piperazine rings is 1. The first kappa shape index (κ1) is 23.3. The molecule has 0 aliphatic carbocycles. The van der Waals surface area contributed by atoms with Crippen LogP contribution in [0.25, 0.3) is 0 Å². The van der Waals surface area contributed by atoms with Gasteiger partial charge in [0.25, 0.3) is 0 Å². The molecule has 0 amide bonds. The van der Waals surface area contributed by atoms with Gasteiger partial charge in [-0.1, -0.05) is 0 Å². The van der Waals surface area contributed by atoms with Crippen LogP contribution in [0.5, 0.6) is 0 Å². The quantitative estimate of drug-likeness (QED) is 0.441. The molecule has 0 aromatic heterocycles. The summed E-state index contributed by atoms with van der Waals surface area (Å²) in [6.07, 6.45) is 1.73. The largest absolute Gasteiger partial charge is 0.381 e. The van der Waals surface area contributed by atoms with Gasteiger partial charge in [0.1, 0.15) is 0 Å². The summed E-state index contributed by atoms with van der Waals surface area (Å²) in [7, 11) is 0.196. The van der Waals surface area contributed by atoms with Crippen LogP contribution in [0, 0.1) is 0 Å². The summed E-state index contributed by atoms with van der Waals surface area (Å²) < 4.78 is 43.1. The number of hydrogen-bond acceptors (Lipinski definition) is 6. The Bertz CT molecular complexity index is 597. The molecule has 9 nitrogen and oxygen atoms in total. The fourth-order valence-corrected chi connectivity index (χ4v) is 4.75. The molecule has 1 N–H and O–H groups in total. The SMILES string of the molecule is CN=C(NCC1(OC)CCOCC1)N1CCN(S(=O)(=O)CCOC(C)C)CC1. The maximum Gasteiger partial charge on any atom is 0.216 e. The molecular weight excluding hydrogens is 384 g/mol. The van der Waals surface area contributed by atoms with Crippen LogP contribution >= 0.6 is 0 Å². The zero-order chi connectivity index (χ0) is 20.6. The summed E-state index contributed by atoms with van der Waals surface area (Å²) >= 11 is 0. The Morgan fingerprint density at radius 2 is 1.86 bits per heavy atom. The van der Waals surface area contributed by atoms with E-state index in [0.29, 0.717) is 45.9 Å². The molecule has 0 unspecified atom stereocenters. The second kappa shape index (κ2) is 10.7. The molecule has 2 heterocycles. The van der Waals surface area contributed by atoms with E-state index in [1.807, 2.05) is 13.8 Å². The minimum Gasteiger partial charge on any atom is -0.381 e. The Morgan fingerprint density at radius 1 is 1.21 bits per heavy atom. The minimum atomic E-state index is -3.29. The summed E-state index contributed by atoms with van der Waals surface area (Å²) in [5, 5.41) is 3.41. The van der Waals surface area contributed by atoms with Gasteiger partial charge < -0.3 is 24.4 Å². The van der Waals surface area contributed by atoms with Crippen molar-refractivity contribution in [2.24, 2.45) is 4.99 Å². The third kappa shape index (κ3) is 6.55. The van der Waals surface area contributed by atoms with Gasteiger partial charge in [-0.25, -0.2) is 8.42 Å². The number of guanidine groups is 1. The summed E-state index contributed by atoms with van der Waals surface area (Å²) in [4.78, 5) is 6.47. The molecule has 2 fully saturated rings. The average molecular weight is 421 g/mol. The Morgan fingerprint density at radius 3 is 2.39 bits per heavy atom. The molecule has 10 heteroatoms. The molecule has 0 saturated carbocycles. The molecule has 2 aliphatic heterocycles. The molecule has 0 bridgehead atoms. The van der Waals surface area contributed by atoms with Crippen molar-refractivity contribution >= 4 is 16.0 Å². The number of sulfonamides is 1. The van der Waals surface area contributed by atoms with Gasteiger partial charge >= 0.3 is 0 Å². The van der Waals surface area contributed by atoms with Crippen LogP contribution in [0.15, 0.2) is 4.99 Å². The first-order valence-electron chi connectivity index (χ1n) is 10.00. The van der Waals surface area contributed by atoms with Crippen molar-refractivity contribution in [1.29, 1.82) is 0 Å². The van der Waals surface area contributed by atoms with Crippen LogP contribution in [-0.2, 0) is 24.2 Å². The number of aliphatic imine (C=N–C) groups is 1. The lowest BCUT2D eigenvalue weighted by Gasteiger charge is -2.39. The van der Waals surface area contributed by atoms with Crippen molar-refractivity contribution in [1.82, 2.24) is 14.5 Å². The Kier molecular flexibility index (Phi) is 8.94. The van der Waals surface area contributed by atoms with Crippen molar-refractivity contribution in [3.05, 3.63) is 0 Å². The number of methoxy groups -OCH3 is 1. The highest BCUT2D eigenvalue weighted by molar-refractivity contribution is 7.89. The summed E-state index contributed by atoms with van der Waals surface area (Å²) in [5.41, 5.74) is -0.240. The highest BCUT2D eigenvalue weighted by Crippen LogP contribution is 2.23. The average Bonchev–Trinajstić information content (AvgIpc) is 2.69. The van der Waals surface area contributed by atoms with E-state index >= 15 is 0 Å². The predicted octanol–water partition coefficient (Wildman–Crippen LogP) is 0.130. The number of nitrogens with zero attached hydrogens (tertiary/aromatic N) is 3. The van der Waals surface area contributed by atoms with Crippen LogP contribution in [0.3, 0.4) is 0 Å². The number of rotatable bonds is 8. The molecule has 0 atom stereocenters. The number of nitrogens with one attached hydrogen (secondary N) is 1. The second-order valence-electron chi connectivity index (χ2n) is 7.52. The van der Waals surface area contributed by atoms with Gasteiger partial charge in [-0.15, -0.1) is 0 Å². The molecule has 2 aliphatic rings. The lowest BCUT2D eigenvalue weighted by atomic mass is 9.94. The molecular formula is C18H36N4O5S. The highest BCUT2D eigenvalue weighted by atomic mass is 32.2. The normalized spacial score (nSPS) is 21.9. The van der Waals surface area contributed by atoms with Crippen molar-refractivity contribution in [2.75, 3.05) is 72.5 Å². The lowest BCUT2D eigenvalue weighted by molar-refractivity contribution is -0.0857. The zero-order valence-corrected chi connectivity index (χ0v) is 18.5. The monoisotopic (exact) mass is 420 g/mol. The number of hydrogen-bond donors (Lipinski definition) is 1. The summed E-state index contributed by atoms with van der Waals surface area (Å²) in [6.45, 7) is 8.20. The van der Waals surface area contributed by atoms with Gasteiger partial charge in [-0.05, 0) is 13.8 Å². The van der Waals surface area contributed by atoms with Crippen LogP contribution in [0.1, 0.15) is 26.7 Å². The van der Waals surface area contributed by atoms with Gasteiger partial charge in [-0.2, -0.15) is 4.31 Å². The van der Waals surface area contributed by atoms with Crippen LogP contribution < -0.4 is 5.32 Å². The molecule has 0 radical (unpaired) electrons. The molecule has 2 rings (SSSR count). The van der Waals surface area contributed by atoms with Crippen LogP contribution in [0.2, 0.25) is 0 Å². The van der Waals surface area contributed by atoms with Crippen molar-refractivity contribution in [3.8, 4) is 0 Å². The fourth-order valence-electron chi connectivity index (χ4n) is 3.47. The Balaban J connectivity index is 1.83. The molecule has 2 saturated heterocycles. The predicted molar refractivity (Wildman–Crippen MR) is 109 cm³/mol. The second-order valence-corrected chi connectivity index (χ2v) is 9.61. The molecule has 0 spiro atoms. The van der Waals surface area contributed by atoms with E-state index in [9.17, 15) is 8.42 Å². The van der Waals surface area contributed by atoms with E-state index in [0.717, 1.165) is 18.8 Å². The third-order valence-electron chi connectivity index (χ3n) is 5.34. The maximum absolute atomic E-state index is 12.5. The minimum absolute atomic E-state index is 0.0244. The van der Waals surface area contributed by atoms with Gasteiger partial charge in [0.2, 0.25) is 10.0 Å². The molecule has 28 heavy (non-hydrogen) atoms. The first-order chi connectivity index (χ1) is 13.3. The smallest absolute Gasteiger partial charge is 0.216 e. The highest BCUT2D eigenvalue weighted by Gasteiger charge is 2.34. The fraction of sp³-hybridized carbons (Fsp3) is 0.944. The maximum atomic E-state index is 12.5. The van der Waals surface area contributed by atoms with Gasteiger partial charge in [0.15, 0.2) is 5.96 Å².